The molecule has 502 valence electrons. The Labute approximate surface area is 530 Å². The van der Waals surface area contributed by atoms with Crippen LogP contribution in [0.5, 0.6) is 5.75 Å². The fraction of sp³-hybridized carbons (Fsp3) is 0.645. The topological polar surface area (TPSA) is 353 Å². The SMILES string of the molecule is CC[C@H](C)[C@@H]([C@@H](CC(=O)N1CCC[C@H]1[C@H](OC)[C@@H](C)C(=O)N[C@@H](Cc1ccc(OCC(=O)NOCc2ccc(NC(=O)[C@H](C)NC(=O)CCC(=O)N3CCC(C(=O)O)CC3)cc2)cc1)C(=O)NS(=O)[O-])OC)N(C)C(=O)[C@@H](NC(=O)[C@H](C(C)C)N(C)C)C(C)C. The number of carbonyl (C=O) groups excluding carboxylic acids is 9. The van der Waals surface area contributed by atoms with Crippen LogP contribution in [0.4, 0.5) is 5.69 Å². The maximum Gasteiger partial charge on any atom is 0.306 e. The Kier molecular flexibility index (Phi) is 30.7. The van der Waals surface area contributed by atoms with Gasteiger partial charge in [-0.05, 0) is 99.8 Å². The Morgan fingerprint density at radius 1 is 0.733 bits per heavy atom. The van der Waals surface area contributed by atoms with Crippen molar-refractivity contribution in [3.8, 4) is 5.75 Å². The molecule has 1 unspecified atom stereocenters. The summed E-state index contributed by atoms with van der Waals surface area (Å²) < 4.78 is 42.7. The molecule has 4 rings (SSSR count). The number of benzene rings is 2. The first kappa shape index (κ1) is 75.3. The highest BCUT2D eigenvalue weighted by atomic mass is 32.2. The van der Waals surface area contributed by atoms with Gasteiger partial charge in [-0.1, -0.05) is 79.2 Å². The molecule has 2 aliphatic rings. The molecule has 0 spiro atoms. The molecule has 2 aromatic rings. The van der Waals surface area contributed by atoms with Gasteiger partial charge in [-0.25, -0.2) is 5.48 Å². The second-order valence-corrected chi connectivity index (χ2v) is 24.8. The smallest absolute Gasteiger partial charge is 0.306 e. The van der Waals surface area contributed by atoms with Crippen LogP contribution in [0.15, 0.2) is 48.5 Å². The van der Waals surface area contributed by atoms with Crippen molar-refractivity contribution in [1.29, 1.82) is 0 Å². The zero-order valence-corrected chi connectivity index (χ0v) is 55.0. The van der Waals surface area contributed by atoms with Crippen LogP contribution >= 0.6 is 0 Å². The zero-order valence-electron chi connectivity index (χ0n) is 54.2. The largest absolute Gasteiger partial charge is 0.755 e. The third-order valence-electron chi connectivity index (χ3n) is 16.7. The predicted molar refractivity (Wildman–Crippen MR) is 332 cm³/mol. The molecule has 90 heavy (non-hydrogen) atoms. The molecule has 2 fully saturated rings. The molecule has 2 aliphatic heterocycles. The number of piperidine rings is 1. The highest BCUT2D eigenvalue weighted by Gasteiger charge is 2.44. The minimum atomic E-state index is -3.02. The molecular weight excluding hydrogens is 1190 g/mol. The van der Waals surface area contributed by atoms with Gasteiger partial charge >= 0.3 is 5.97 Å². The molecule has 27 nitrogen and oxygen atoms in total. The normalized spacial score (nSPS) is 17.8. The number of likely N-dealkylation sites (N-methyl/N-ethyl adjacent to an activating group) is 2. The third-order valence-corrected chi connectivity index (χ3v) is 17.0. The number of carbonyl (C=O) groups is 10. The number of rotatable bonds is 35. The number of hydrogen-bond donors (Lipinski definition) is 7. The predicted octanol–water partition coefficient (Wildman–Crippen LogP) is 2.44. The van der Waals surface area contributed by atoms with E-state index in [0.717, 1.165) is 0 Å². The number of methoxy groups -OCH3 is 2. The summed E-state index contributed by atoms with van der Waals surface area (Å²) >= 11 is -3.02. The number of carboxylic acid groups (broad SMARTS) is 1. The number of amides is 9. The van der Waals surface area contributed by atoms with Gasteiger partial charge in [0.05, 0.1) is 55.2 Å². The van der Waals surface area contributed by atoms with E-state index in [4.69, 9.17) is 19.0 Å². The molecule has 28 heteroatoms. The summed E-state index contributed by atoms with van der Waals surface area (Å²) in [5, 5.41) is 20.1. The third kappa shape index (κ3) is 22.7. The molecule has 2 aromatic carbocycles. The quantitative estimate of drug-likeness (QED) is 0.0385. The Bertz CT molecular complexity index is 2760. The number of nitrogens with one attached hydrogen (secondary N) is 6. The first-order valence-corrected chi connectivity index (χ1v) is 31.7. The standard InChI is InChI=1S/C62H96N10O17S/c1-14-38(6)55(70(11)61(81)53(36(2)3)66-60(80)54(37(4)5)69(9)10)48(86-12)33-52(76)72-29-15-16-47(72)56(87-13)39(7)57(77)65-46(59(79)68-90(84)85)32-41-19-23-45(24-20-41)88-35-50(74)67-89-34-42-17-21-44(22-18-42)64-58(78)40(8)63-49(73)25-26-51(75)71-30-27-43(28-31-71)62(82)83/h17-24,36-40,43,46-48,53-56H,14-16,25-35H2,1-13H3,(H,63,73)(H,64,78)(H,65,77)(H,66,80)(H,67,74)(H,68,79)(H,82,83)(H,84,85)/p-1/t38-,39+,40-,46-,47-,48+,53-,54-,55-,56+/m0/s1. The Hall–Kier alpha value is -7.11. The zero-order chi connectivity index (χ0) is 67.1. The molecule has 9 amide bonds. The van der Waals surface area contributed by atoms with Crippen molar-refractivity contribution in [2.45, 2.75) is 168 Å². The van der Waals surface area contributed by atoms with Crippen LogP contribution in [0.2, 0.25) is 0 Å². The second kappa shape index (κ2) is 36.7. The summed E-state index contributed by atoms with van der Waals surface area (Å²) in [4.78, 5) is 143. The fourth-order valence-electron chi connectivity index (χ4n) is 11.5. The number of hydroxylamine groups is 1. The molecule has 0 bridgehead atoms. The van der Waals surface area contributed by atoms with Gasteiger partial charge in [-0.15, -0.1) is 0 Å². The highest BCUT2D eigenvalue weighted by molar-refractivity contribution is 7.77. The van der Waals surface area contributed by atoms with Crippen molar-refractivity contribution >= 4 is 76.1 Å². The van der Waals surface area contributed by atoms with Gasteiger partial charge in [-0.3, -0.25) is 66.6 Å². The summed E-state index contributed by atoms with van der Waals surface area (Å²) in [7, 11) is 8.21. The van der Waals surface area contributed by atoms with Crippen molar-refractivity contribution in [2.75, 3.05) is 66.9 Å². The second-order valence-electron chi connectivity index (χ2n) is 24.2. The summed E-state index contributed by atoms with van der Waals surface area (Å²) in [6, 6.07) is 7.91. The van der Waals surface area contributed by atoms with Crippen LogP contribution in [-0.4, -0.2) is 203 Å². The van der Waals surface area contributed by atoms with E-state index in [0.29, 0.717) is 68.6 Å². The van der Waals surface area contributed by atoms with Gasteiger partial charge in [0.2, 0.25) is 41.4 Å². The minimum absolute atomic E-state index is 0.0188. The number of hydrogen-bond acceptors (Lipinski definition) is 17. The van der Waals surface area contributed by atoms with Gasteiger partial charge in [-0.2, -0.15) is 0 Å². The number of likely N-dealkylation sites (tertiary alicyclic amines) is 2. The molecule has 7 N–H and O–H groups in total. The molecule has 0 aliphatic carbocycles. The lowest BCUT2D eigenvalue weighted by atomic mass is 9.89. The maximum absolute atomic E-state index is 14.5. The monoisotopic (exact) mass is 1280 g/mol. The summed E-state index contributed by atoms with van der Waals surface area (Å²) in [5.74, 6) is -6.87. The van der Waals surface area contributed by atoms with E-state index in [-0.39, 0.29) is 79.4 Å². The molecule has 0 aromatic heterocycles. The molecular formula is C62H95N10O17S-. The number of carboxylic acids is 1. The Balaban J connectivity index is 1.28. The lowest BCUT2D eigenvalue weighted by molar-refractivity contribution is -0.148. The molecule has 2 heterocycles. The highest BCUT2D eigenvalue weighted by Crippen LogP contribution is 2.30. The van der Waals surface area contributed by atoms with Crippen LogP contribution in [-0.2, 0) is 86.6 Å². The summed E-state index contributed by atoms with van der Waals surface area (Å²) in [6.45, 7) is 15.1. The van der Waals surface area contributed by atoms with E-state index >= 15 is 0 Å². The lowest BCUT2D eigenvalue weighted by Crippen LogP contribution is -2.59. The van der Waals surface area contributed by atoms with Crippen LogP contribution < -0.4 is 36.2 Å². The van der Waals surface area contributed by atoms with Gasteiger partial charge in [0, 0.05) is 77.1 Å². The van der Waals surface area contributed by atoms with Crippen molar-refractivity contribution in [3.05, 3.63) is 59.7 Å². The minimum Gasteiger partial charge on any atom is -0.755 e. The maximum atomic E-state index is 14.5. The first-order chi connectivity index (χ1) is 42.5. The van der Waals surface area contributed by atoms with Crippen LogP contribution in [0.1, 0.15) is 118 Å². The van der Waals surface area contributed by atoms with Gasteiger partial charge in [0.15, 0.2) is 6.61 Å². The fourth-order valence-corrected chi connectivity index (χ4v) is 11.8. The number of ether oxygens (including phenoxy) is 3. The van der Waals surface area contributed by atoms with Crippen molar-refractivity contribution in [1.82, 2.24) is 45.8 Å². The van der Waals surface area contributed by atoms with Gasteiger partial charge < -0.3 is 59.8 Å². The van der Waals surface area contributed by atoms with Crippen molar-refractivity contribution < 1.29 is 80.9 Å². The lowest BCUT2D eigenvalue weighted by Gasteiger charge is -2.41. The van der Waals surface area contributed by atoms with E-state index in [2.05, 4.69) is 26.7 Å². The van der Waals surface area contributed by atoms with E-state index in [9.17, 15) is 61.8 Å². The van der Waals surface area contributed by atoms with Crippen molar-refractivity contribution in [2.24, 2.45) is 29.6 Å². The molecule has 2 saturated heterocycles. The van der Waals surface area contributed by atoms with E-state index < -0.39 is 114 Å². The molecule has 0 radical (unpaired) electrons. The summed E-state index contributed by atoms with van der Waals surface area (Å²) in [5.41, 5.74) is 3.83. The first-order valence-electron chi connectivity index (χ1n) is 30.6. The number of nitrogens with zero attached hydrogens (tertiary/aromatic N) is 4. The van der Waals surface area contributed by atoms with Gasteiger partial charge in [0.1, 0.15) is 23.9 Å². The number of anilines is 1. The van der Waals surface area contributed by atoms with Crippen molar-refractivity contribution in [3.63, 3.8) is 0 Å². The van der Waals surface area contributed by atoms with Crippen LogP contribution in [0, 0.1) is 29.6 Å². The summed E-state index contributed by atoms with van der Waals surface area (Å²) in [6.07, 6.45) is 0.337. The Morgan fingerprint density at radius 3 is 1.92 bits per heavy atom. The average molecular weight is 1280 g/mol. The van der Waals surface area contributed by atoms with Crippen LogP contribution in [0.3, 0.4) is 0 Å². The molecule has 11 atom stereocenters. The number of aliphatic carboxylic acids is 1. The Morgan fingerprint density at radius 2 is 1.37 bits per heavy atom. The van der Waals surface area contributed by atoms with Gasteiger partial charge in [0.25, 0.3) is 11.8 Å². The van der Waals surface area contributed by atoms with E-state index in [1.807, 2.05) is 65.3 Å². The molecule has 0 saturated carbocycles. The van der Waals surface area contributed by atoms with E-state index in [1.165, 1.54) is 33.3 Å². The average Bonchev–Trinajstić information content (AvgIpc) is 1.60. The van der Waals surface area contributed by atoms with E-state index in [1.54, 1.807) is 65.1 Å². The van der Waals surface area contributed by atoms with Crippen LogP contribution in [0.25, 0.3) is 0 Å².